The number of fused-ring (bicyclic) bond motifs is 1. The monoisotopic (exact) mass is 448 g/mol. The quantitative estimate of drug-likeness (QED) is 0.290. The van der Waals surface area contributed by atoms with E-state index in [1.54, 1.807) is 6.20 Å². The van der Waals surface area contributed by atoms with E-state index in [9.17, 15) is 0 Å². The van der Waals surface area contributed by atoms with E-state index in [4.69, 9.17) is 13.7 Å². The highest BCUT2D eigenvalue weighted by molar-refractivity contribution is 5.84. The van der Waals surface area contributed by atoms with Crippen molar-refractivity contribution in [2.24, 2.45) is 4.99 Å². The van der Waals surface area contributed by atoms with Crippen molar-refractivity contribution in [2.75, 3.05) is 19.7 Å². The predicted octanol–water partition coefficient (Wildman–Crippen LogP) is 4.14. The summed E-state index contributed by atoms with van der Waals surface area (Å²) in [5.74, 6) is 3.23. The Hall–Kier alpha value is -3.88. The molecule has 3 heterocycles. The minimum Gasteiger partial charge on any atom is -0.490 e. The lowest BCUT2D eigenvalue weighted by Gasteiger charge is -2.16. The van der Waals surface area contributed by atoms with Gasteiger partial charge in [0.25, 0.3) is 5.89 Å². The SMILES string of the molecule is CCNC(=NCCc1noc(-c2ccccn2)n1)NC(C)c1cc2cccc(OCC)c2o1. The molecule has 0 spiro atoms. The summed E-state index contributed by atoms with van der Waals surface area (Å²) in [5.41, 5.74) is 1.41. The van der Waals surface area contributed by atoms with E-state index in [1.807, 2.05) is 63.2 Å². The molecule has 4 aromatic rings. The molecule has 9 nitrogen and oxygen atoms in total. The predicted molar refractivity (Wildman–Crippen MR) is 126 cm³/mol. The zero-order valence-corrected chi connectivity index (χ0v) is 19.0. The lowest BCUT2D eigenvalue weighted by Crippen LogP contribution is -2.38. The molecular weight excluding hydrogens is 420 g/mol. The molecule has 3 aromatic heterocycles. The Morgan fingerprint density at radius 1 is 1.18 bits per heavy atom. The number of nitrogens with one attached hydrogen (secondary N) is 2. The molecule has 0 bridgehead atoms. The minimum absolute atomic E-state index is 0.0920. The van der Waals surface area contributed by atoms with Crippen LogP contribution in [0.3, 0.4) is 0 Å². The second-order valence-electron chi connectivity index (χ2n) is 7.36. The van der Waals surface area contributed by atoms with Crippen LogP contribution in [0.1, 0.15) is 38.4 Å². The fraction of sp³-hybridized carbons (Fsp3) is 0.333. The first-order valence-electron chi connectivity index (χ1n) is 11.1. The van der Waals surface area contributed by atoms with Crippen molar-refractivity contribution in [3.63, 3.8) is 0 Å². The summed E-state index contributed by atoms with van der Waals surface area (Å²) in [6.07, 6.45) is 2.24. The molecule has 33 heavy (non-hydrogen) atoms. The summed E-state index contributed by atoms with van der Waals surface area (Å²) in [6.45, 7) is 7.83. The minimum atomic E-state index is -0.0920. The van der Waals surface area contributed by atoms with Crippen LogP contribution in [0.5, 0.6) is 5.75 Å². The van der Waals surface area contributed by atoms with Gasteiger partial charge < -0.3 is 24.3 Å². The van der Waals surface area contributed by atoms with Crippen LogP contribution in [0.15, 0.2) is 62.6 Å². The highest BCUT2D eigenvalue weighted by atomic mass is 16.5. The molecule has 172 valence electrons. The highest BCUT2D eigenvalue weighted by Crippen LogP contribution is 2.31. The van der Waals surface area contributed by atoms with Crippen molar-refractivity contribution in [2.45, 2.75) is 33.2 Å². The van der Waals surface area contributed by atoms with E-state index in [0.717, 1.165) is 29.0 Å². The summed E-state index contributed by atoms with van der Waals surface area (Å²) in [6, 6.07) is 13.4. The van der Waals surface area contributed by atoms with Gasteiger partial charge in [-0.1, -0.05) is 23.4 Å². The van der Waals surface area contributed by atoms with Gasteiger partial charge in [0.15, 0.2) is 23.1 Å². The number of rotatable bonds is 9. The molecule has 1 atom stereocenters. The smallest absolute Gasteiger partial charge is 0.276 e. The van der Waals surface area contributed by atoms with Gasteiger partial charge in [-0.3, -0.25) is 9.98 Å². The number of guanidine groups is 1. The van der Waals surface area contributed by atoms with E-state index >= 15 is 0 Å². The van der Waals surface area contributed by atoms with E-state index in [0.29, 0.717) is 42.9 Å². The van der Waals surface area contributed by atoms with Gasteiger partial charge in [-0.25, -0.2) is 0 Å². The molecule has 9 heteroatoms. The van der Waals surface area contributed by atoms with Crippen molar-refractivity contribution in [1.82, 2.24) is 25.8 Å². The normalized spacial score (nSPS) is 12.6. The molecule has 4 rings (SSSR count). The van der Waals surface area contributed by atoms with Gasteiger partial charge in [0.05, 0.1) is 12.6 Å². The Balaban J connectivity index is 1.40. The zero-order valence-electron chi connectivity index (χ0n) is 19.0. The van der Waals surface area contributed by atoms with Crippen LogP contribution in [-0.4, -0.2) is 40.8 Å². The van der Waals surface area contributed by atoms with Gasteiger partial charge in [-0.15, -0.1) is 0 Å². The Labute approximate surface area is 192 Å². The fourth-order valence-corrected chi connectivity index (χ4v) is 3.35. The second kappa shape index (κ2) is 10.6. The van der Waals surface area contributed by atoms with Gasteiger partial charge in [0.1, 0.15) is 11.5 Å². The Bertz CT molecular complexity index is 1200. The van der Waals surface area contributed by atoms with Crippen LogP contribution in [-0.2, 0) is 6.42 Å². The number of para-hydroxylation sites is 1. The number of ether oxygens (including phenoxy) is 1. The van der Waals surface area contributed by atoms with Crippen LogP contribution in [0, 0.1) is 0 Å². The Morgan fingerprint density at radius 3 is 2.88 bits per heavy atom. The van der Waals surface area contributed by atoms with E-state index < -0.39 is 0 Å². The van der Waals surface area contributed by atoms with Crippen molar-refractivity contribution in [3.05, 3.63) is 60.2 Å². The Kier molecular flexibility index (Phi) is 7.19. The molecule has 0 fully saturated rings. The summed E-state index contributed by atoms with van der Waals surface area (Å²) < 4.78 is 17.1. The molecule has 0 aliphatic heterocycles. The van der Waals surface area contributed by atoms with Crippen LogP contribution in [0.25, 0.3) is 22.6 Å². The third kappa shape index (κ3) is 5.49. The summed E-state index contributed by atoms with van der Waals surface area (Å²) >= 11 is 0. The molecule has 0 radical (unpaired) electrons. The number of benzene rings is 1. The van der Waals surface area contributed by atoms with Gasteiger partial charge in [0, 0.05) is 31.1 Å². The molecule has 2 N–H and O–H groups in total. The maximum Gasteiger partial charge on any atom is 0.276 e. The molecule has 0 aliphatic carbocycles. The van der Waals surface area contributed by atoms with E-state index in [-0.39, 0.29) is 6.04 Å². The molecule has 1 aromatic carbocycles. The maximum absolute atomic E-state index is 6.10. The van der Waals surface area contributed by atoms with E-state index in [2.05, 4.69) is 30.8 Å². The molecule has 1 unspecified atom stereocenters. The van der Waals surface area contributed by atoms with Crippen LogP contribution >= 0.6 is 0 Å². The average molecular weight is 449 g/mol. The topological polar surface area (TPSA) is 111 Å². The highest BCUT2D eigenvalue weighted by Gasteiger charge is 2.16. The standard InChI is InChI=1S/C24H28N6O3/c1-4-25-24(27-14-12-21-29-23(33-30-21)18-10-6-7-13-26-18)28-16(3)20-15-17-9-8-11-19(31-5-2)22(17)32-20/h6-11,13,15-16H,4-5,12,14H2,1-3H3,(H2,25,27,28). The first-order chi connectivity index (χ1) is 16.2. The third-order valence-electron chi connectivity index (χ3n) is 4.91. The summed E-state index contributed by atoms with van der Waals surface area (Å²) in [4.78, 5) is 13.3. The summed E-state index contributed by atoms with van der Waals surface area (Å²) in [5, 5.41) is 11.7. The number of aliphatic imine (C=N–C) groups is 1. The van der Waals surface area contributed by atoms with Gasteiger partial charge in [0.2, 0.25) is 0 Å². The third-order valence-corrected chi connectivity index (χ3v) is 4.91. The number of furan rings is 1. The molecule has 0 amide bonds. The number of nitrogens with zero attached hydrogens (tertiary/aromatic N) is 4. The number of aromatic nitrogens is 3. The first-order valence-corrected chi connectivity index (χ1v) is 11.1. The molecule has 0 saturated heterocycles. The maximum atomic E-state index is 6.10. The fourth-order valence-electron chi connectivity index (χ4n) is 3.35. The van der Waals surface area contributed by atoms with Crippen molar-refractivity contribution in [3.8, 4) is 17.3 Å². The number of pyridine rings is 1. The van der Waals surface area contributed by atoms with Crippen molar-refractivity contribution in [1.29, 1.82) is 0 Å². The average Bonchev–Trinajstić information content (AvgIpc) is 3.48. The van der Waals surface area contributed by atoms with E-state index in [1.165, 1.54) is 0 Å². The summed E-state index contributed by atoms with van der Waals surface area (Å²) in [7, 11) is 0. The van der Waals surface area contributed by atoms with Gasteiger partial charge in [-0.2, -0.15) is 4.98 Å². The number of hydrogen-bond donors (Lipinski definition) is 2. The van der Waals surface area contributed by atoms with Gasteiger partial charge >= 0.3 is 0 Å². The van der Waals surface area contributed by atoms with Crippen molar-refractivity contribution < 1.29 is 13.7 Å². The number of hydrogen-bond acceptors (Lipinski definition) is 7. The molecule has 0 aliphatic rings. The lowest BCUT2D eigenvalue weighted by molar-refractivity contribution is 0.336. The Morgan fingerprint density at radius 2 is 2.09 bits per heavy atom. The molecule has 0 saturated carbocycles. The zero-order chi connectivity index (χ0) is 23.0. The second-order valence-corrected chi connectivity index (χ2v) is 7.36. The molecular formula is C24H28N6O3. The van der Waals surface area contributed by atoms with Crippen molar-refractivity contribution >= 4 is 16.9 Å². The van der Waals surface area contributed by atoms with Gasteiger partial charge in [-0.05, 0) is 45.0 Å². The lowest BCUT2D eigenvalue weighted by atomic mass is 10.2. The largest absolute Gasteiger partial charge is 0.490 e. The van der Waals surface area contributed by atoms with Crippen LogP contribution in [0.4, 0.5) is 0 Å². The van der Waals surface area contributed by atoms with Crippen LogP contribution < -0.4 is 15.4 Å². The van der Waals surface area contributed by atoms with Crippen LogP contribution in [0.2, 0.25) is 0 Å². The first kappa shape index (κ1) is 22.3.